The van der Waals surface area contributed by atoms with Crippen molar-refractivity contribution in [3.05, 3.63) is 29.8 Å². The number of rotatable bonds is 5. The average molecular weight is 291 g/mol. The molecule has 20 heavy (non-hydrogen) atoms. The van der Waals surface area contributed by atoms with Crippen LogP contribution in [0.4, 0.5) is 13.2 Å². The second-order valence-electron chi connectivity index (χ2n) is 3.70. The zero-order valence-corrected chi connectivity index (χ0v) is 10.5. The number of hydrogen-bond acceptors (Lipinski definition) is 4. The molecule has 1 aromatic carbocycles. The molecule has 0 aliphatic rings. The maximum Gasteiger partial charge on any atom is 0.405 e. The second kappa shape index (κ2) is 6.78. The Labute approximate surface area is 112 Å². The quantitative estimate of drug-likeness (QED) is 0.836. The lowest BCUT2D eigenvalue weighted by Gasteiger charge is -2.09. The van der Waals surface area contributed by atoms with E-state index in [0.717, 1.165) is 0 Å². The van der Waals surface area contributed by atoms with Gasteiger partial charge in [0.25, 0.3) is 5.91 Å². The summed E-state index contributed by atoms with van der Waals surface area (Å²) in [5.41, 5.74) is 0.132. The molecule has 0 saturated heterocycles. The number of alkyl halides is 3. The van der Waals surface area contributed by atoms with Crippen molar-refractivity contribution in [2.45, 2.75) is 6.18 Å². The summed E-state index contributed by atoms with van der Waals surface area (Å²) < 4.78 is 45.0. The molecule has 0 unspecified atom stereocenters. The third kappa shape index (κ3) is 5.59. The first-order chi connectivity index (χ1) is 9.31. The topological polar surface area (TPSA) is 64.6 Å². The SMILES string of the molecule is COc1cccc(C(=O)OCC(=O)NCC(F)(F)F)c1. The maximum absolute atomic E-state index is 11.8. The van der Waals surface area contributed by atoms with Gasteiger partial charge in [-0.3, -0.25) is 4.79 Å². The highest BCUT2D eigenvalue weighted by atomic mass is 19.4. The van der Waals surface area contributed by atoms with Crippen LogP contribution in [0.1, 0.15) is 10.4 Å². The van der Waals surface area contributed by atoms with E-state index in [4.69, 9.17) is 4.74 Å². The van der Waals surface area contributed by atoms with Crippen molar-refractivity contribution in [3.63, 3.8) is 0 Å². The maximum atomic E-state index is 11.8. The molecule has 0 bridgehead atoms. The highest BCUT2D eigenvalue weighted by Gasteiger charge is 2.27. The largest absolute Gasteiger partial charge is 0.497 e. The predicted molar refractivity (Wildman–Crippen MR) is 62.3 cm³/mol. The van der Waals surface area contributed by atoms with Crippen LogP contribution in [0.3, 0.4) is 0 Å². The van der Waals surface area contributed by atoms with E-state index in [1.165, 1.54) is 19.2 Å². The number of carbonyl (C=O) groups is 2. The molecule has 0 aliphatic heterocycles. The number of nitrogens with one attached hydrogen (secondary N) is 1. The van der Waals surface area contributed by atoms with E-state index in [1.54, 1.807) is 17.4 Å². The molecule has 8 heteroatoms. The lowest BCUT2D eigenvalue weighted by Crippen LogP contribution is -2.36. The molecule has 110 valence electrons. The zero-order chi connectivity index (χ0) is 15.2. The Morgan fingerprint density at radius 1 is 1.30 bits per heavy atom. The molecular formula is C12H12F3NO4. The van der Waals surface area contributed by atoms with E-state index in [2.05, 4.69) is 4.74 Å². The fourth-order valence-corrected chi connectivity index (χ4v) is 1.21. The van der Waals surface area contributed by atoms with Gasteiger partial charge in [-0.25, -0.2) is 4.79 Å². The number of halogens is 3. The van der Waals surface area contributed by atoms with E-state index in [1.807, 2.05) is 0 Å². The Morgan fingerprint density at radius 3 is 2.60 bits per heavy atom. The Morgan fingerprint density at radius 2 is 2.00 bits per heavy atom. The second-order valence-corrected chi connectivity index (χ2v) is 3.70. The summed E-state index contributed by atoms with van der Waals surface area (Å²) in [7, 11) is 1.41. The molecule has 0 aromatic heterocycles. The molecule has 1 amide bonds. The fourth-order valence-electron chi connectivity index (χ4n) is 1.21. The Balaban J connectivity index is 2.44. The average Bonchev–Trinajstić information content (AvgIpc) is 2.41. The van der Waals surface area contributed by atoms with Gasteiger partial charge in [0.15, 0.2) is 6.61 Å². The Bertz CT molecular complexity index is 488. The van der Waals surface area contributed by atoms with Crippen molar-refractivity contribution in [1.29, 1.82) is 0 Å². The van der Waals surface area contributed by atoms with Crippen molar-refractivity contribution in [3.8, 4) is 5.75 Å². The van der Waals surface area contributed by atoms with Gasteiger partial charge in [-0.15, -0.1) is 0 Å². The normalized spacial score (nSPS) is 10.8. The van der Waals surface area contributed by atoms with Gasteiger partial charge in [0, 0.05) is 0 Å². The molecule has 0 fully saturated rings. The van der Waals surface area contributed by atoms with Gasteiger partial charge in [0.1, 0.15) is 12.3 Å². The molecule has 0 atom stereocenters. The molecule has 0 spiro atoms. The van der Waals surface area contributed by atoms with Crippen LogP contribution in [0.15, 0.2) is 24.3 Å². The van der Waals surface area contributed by atoms with Crippen LogP contribution in [0.2, 0.25) is 0 Å². The van der Waals surface area contributed by atoms with Crippen molar-refractivity contribution >= 4 is 11.9 Å². The minimum absolute atomic E-state index is 0.132. The molecule has 0 saturated carbocycles. The molecule has 1 N–H and O–H groups in total. The minimum atomic E-state index is -4.51. The van der Waals surface area contributed by atoms with Crippen LogP contribution in [0.25, 0.3) is 0 Å². The van der Waals surface area contributed by atoms with Gasteiger partial charge in [-0.1, -0.05) is 6.07 Å². The monoisotopic (exact) mass is 291 g/mol. The number of ether oxygens (including phenoxy) is 2. The van der Waals surface area contributed by atoms with Crippen molar-refractivity contribution in [1.82, 2.24) is 5.32 Å². The minimum Gasteiger partial charge on any atom is -0.497 e. The van der Waals surface area contributed by atoms with Gasteiger partial charge < -0.3 is 14.8 Å². The van der Waals surface area contributed by atoms with Crippen LogP contribution >= 0.6 is 0 Å². The predicted octanol–water partition coefficient (Wildman–Crippen LogP) is 1.53. The molecule has 1 aromatic rings. The first kappa shape index (κ1) is 15.8. The van der Waals surface area contributed by atoms with E-state index in [9.17, 15) is 22.8 Å². The number of hydrogen-bond donors (Lipinski definition) is 1. The highest BCUT2D eigenvalue weighted by Crippen LogP contribution is 2.13. The number of carbonyl (C=O) groups excluding carboxylic acids is 2. The van der Waals surface area contributed by atoms with Gasteiger partial charge >= 0.3 is 12.1 Å². The zero-order valence-electron chi connectivity index (χ0n) is 10.5. The Kier molecular flexibility index (Phi) is 5.36. The van der Waals surface area contributed by atoms with Crippen LogP contribution in [-0.2, 0) is 9.53 Å². The standard InChI is InChI=1S/C12H12F3NO4/c1-19-9-4-2-3-8(5-9)11(18)20-6-10(17)16-7-12(13,14)15/h2-5H,6-7H2,1H3,(H,16,17). The van der Waals surface area contributed by atoms with Crippen molar-refractivity contribution in [2.75, 3.05) is 20.3 Å². The lowest BCUT2D eigenvalue weighted by molar-refractivity contribution is -0.140. The molecular weight excluding hydrogens is 279 g/mol. The molecule has 0 radical (unpaired) electrons. The summed E-state index contributed by atoms with van der Waals surface area (Å²) in [4.78, 5) is 22.6. The smallest absolute Gasteiger partial charge is 0.405 e. The van der Waals surface area contributed by atoms with Crippen LogP contribution < -0.4 is 10.1 Å². The number of methoxy groups -OCH3 is 1. The fraction of sp³-hybridized carbons (Fsp3) is 0.333. The van der Waals surface area contributed by atoms with Gasteiger partial charge in [-0.2, -0.15) is 13.2 Å². The third-order valence-electron chi connectivity index (χ3n) is 2.13. The summed E-state index contributed by atoms with van der Waals surface area (Å²) >= 11 is 0. The number of amides is 1. The molecule has 1 rings (SSSR count). The van der Waals surface area contributed by atoms with Gasteiger partial charge in [-0.05, 0) is 18.2 Å². The lowest BCUT2D eigenvalue weighted by atomic mass is 10.2. The van der Waals surface area contributed by atoms with Crippen molar-refractivity contribution in [2.24, 2.45) is 0 Å². The Hall–Kier alpha value is -2.25. The first-order valence-corrected chi connectivity index (χ1v) is 5.46. The summed E-state index contributed by atoms with van der Waals surface area (Å²) in [5.74, 6) is -1.44. The summed E-state index contributed by atoms with van der Waals surface area (Å²) in [6, 6.07) is 5.96. The summed E-state index contributed by atoms with van der Waals surface area (Å²) in [6.07, 6.45) is -4.51. The first-order valence-electron chi connectivity index (χ1n) is 5.46. The number of benzene rings is 1. The third-order valence-corrected chi connectivity index (χ3v) is 2.13. The van der Waals surface area contributed by atoms with Gasteiger partial charge in [0.2, 0.25) is 0 Å². The van der Waals surface area contributed by atoms with Crippen LogP contribution in [-0.4, -0.2) is 38.3 Å². The van der Waals surface area contributed by atoms with Gasteiger partial charge in [0.05, 0.1) is 12.7 Å². The molecule has 0 aliphatic carbocycles. The summed E-state index contributed by atoms with van der Waals surface area (Å²) in [6.45, 7) is -2.26. The van der Waals surface area contributed by atoms with E-state index >= 15 is 0 Å². The summed E-state index contributed by atoms with van der Waals surface area (Å²) in [5, 5.41) is 1.59. The van der Waals surface area contributed by atoms with Crippen molar-refractivity contribution < 1.29 is 32.2 Å². The van der Waals surface area contributed by atoms with E-state index < -0.39 is 31.2 Å². The van der Waals surface area contributed by atoms with Crippen LogP contribution in [0, 0.1) is 0 Å². The molecule has 5 nitrogen and oxygen atoms in total. The van der Waals surface area contributed by atoms with E-state index in [-0.39, 0.29) is 5.56 Å². The van der Waals surface area contributed by atoms with Crippen LogP contribution in [0.5, 0.6) is 5.75 Å². The molecule has 0 heterocycles. The highest BCUT2D eigenvalue weighted by molar-refractivity contribution is 5.91. The number of esters is 1. The van der Waals surface area contributed by atoms with E-state index in [0.29, 0.717) is 5.75 Å².